The highest BCUT2D eigenvalue weighted by atomic mass is 16.5. The molecule has 2 rings (SSSR count). The van der Waals surface area contributed by atoms with Crippen molar-refractivity contribution in [3.05, 3.63) is 40.7 Å². The van der Waals surface area contributed by atoms with Crippen molar-refractivity contribution in [1.29, 1.82) is 0 Å². The Morgan fingerprint density at radius 2 is 1.61 bits per heavy atom. The summed E-state index contributed by atoms with van der Waals surface area (Å²) in [5.41, 5.74) is 2.79. The van der Waals surface area contributed by atoms with E-state index in [1.807, 2.05) is 0 Å². The second kappa shape index (κ2) is 6.56. The smallest absolute Gasteiger partial charge is 0.272 e. The Balaban J connectivity index is 2.33. The fraction of sp³-hybridized carbons (Fsp3) is 0.294. The monoisotopic (exact) mass is 316 g/mol. The third-order valence-corrected chi connectivity index (χ3v) is 3.63. The second-order valence-electron chi connectivity index (χ2n) is 5.24. The molecule has 0 spiro atoms. The number of hydrogen-bond acceptors (Lipinski definition) is 4. The van der Waals surface area contributed by atoms with E-state index in [2.05, 4.69) is 10.3 Å². The summed E-state index contributed by atoms with van der Waals surface area (Å²) in [6.07, 6.45) is 0. The third-order valence-electron chi connectivity index (χ3n) is 3.63. The Morgan fingerprint density at radius 3 is 2.04 bits per heavy atom. The number of anilines is 1. The maximum atomic E-state index is 12.5. The summed E-state index contributed by atoms with van der Waals surface area (Å²) in [6.45, 7) is 5.01. The molecule has 1 heterocycles. The molecule has 0 atom stereocenters. The predicted octanol–water partition coefficient (Wildman–Crippen LogP) is 3.10. The minimum atomic E-state index is -0.326. The number of rotatable bonds is 5. The van der Waals surface area contributed by atoms with Crippen LogP contribution in [0.15, 0.2) is 18.2 Å². The second-order valence-corrected chi connectivity index (χ2v) is 5.24. The number of aromatic nitrogens is 1. The highest BCUT2D eigenvalue weighted by Gasteiger charge is 2.20. The Bertz CT molecular complexity index is 740. The maximum Gasteiger partial charge on any atom is 0.272 e. The zero-order chi connectivity index (χ0) is 17.1. The normalized spacial score (nSPS) is 10.3. The molecule has 0 aliphatic carbocycles. The van der Waals surface area contributed by atoms with E-state index in [1.165, 1.54) is 21.1 Å². The number of ketones is 1. The van der Waals surface area contributed by atoms with Crippen LogP contribution in [0.5, 0.6) is 11.5 Å². The zero-order valence-corrected chi connectivity index (χ0v) is 13.9. The number of H-pyrrole nitrogens is 1. The van der Waals surface area contributed by atoms with Gasteiger partial charge in [0.25, 0.3) is 5.91 Å². The summed E-state index contributed by atoms with van der Waals surface area (Å²) >= 11 is 0. The minimum Gasteiger partial charge on any atom is -0.497 e. The van der Waals surface area contributed by atoms with Gasteiger partial charge in [-0.1, -0.05) is 0 Å². The van der Waals surface area contributed by atoms with Gasteiger partial charge in [0.05, 0.1) is 14.2 Å². The van der Waals surface area contributed by atoms with Crippen LogP contribution in [0.4, 0.5) is 5.69 Å². The van der Waals surface area contributed by atoms with Gasteiger partial charge < -0.3 is 19.8 Å². The Morgan fingerprint density at radius 1 is 1.04 bits per heavy atom. The standard InChI is InChI=1S/C17H20N2O4/c1-9-15(11(3)20)10(2)18-16(9)17(21)19-12-6-13(22-4)8-14(7-12)23-5/h6-8,18H,1-5H3,(H,19,21). The average molecular weight is 316 g/mol. The molecule has 0 aliphatic heterocycles. The van der Waals surface area contributed by atoms with Gasteiger partial charge in [-0.15, -0.1) is 0 Å². The molecule has 0 radical (unpaired) electrons. The van der Waals surface area contributed by atoms with Gasteiger partial charge in [-0.2, -0.15) is 0 Å². The summed E-state index contributed by atoms with van der Waals surface area (Å²) < 4.78 is 10.4. The molecule has 0 fully saturated rings. The van der Waals surface area contributed by atoms with Crippen molar-refractivity contribution < 1.29 is 19.1 Å². The van der Waals surface area contributed by atoms with Crippen LogP contribution in [-0.2, 0) is 0 Å². The fourth-order valence-corrected chi connectivity index (χ4v) is 2.58. The number of ether oxygens (including phenoxy) is 2. The largest absolute Gasteiger partial charge is 0.497 e. The van der Waals surface area contributed by atoms with Gasteiger partial charge in [0.15, 0.2) is 5.78 Å². The topological polar surface area (TPSA) is 80.4 Å². The van der Waals surface area contributed by atoms with Crippen molar-refractivity contribution in [2.75, 3.05) is 19.5 Å². The molecule has 0 aliphatic rings. The number of hydrogen-bond donors (Lipinski definition) is 2. The van der Waals surface area contributed by atoms with Crippen LogP contribution in [0.1, 0.15) is 39.0 Å². The molecule has 0 saturated carbocycles. The number of carbonyl (C=O) groups excluding carboxylic acids is 2. The van der Waals surface area contributed by atoms with E-state index < -0.39 is 0 Å². The van der Waals surface area contributed by atoms with E-state index in [-0.39, 0.29) is 11.7 Å². The molecule has 0 bridgehead atoms. The molecule has 2 aromatic rings. The zero-order valence-electron chi connectivity index (χ0n) is 13.9. The van der Waals surface area contributed by atoms with Crippen LogP contribution in [-0.4, -0.2) is 30.9 Å². The molecule has 0 saturated heterocycles. The fourth-order valence-electron chi connectivity index (χ4n) is 2.58. The van der Waals surface area contributed by atoms with Gasteiger partial charge in [-0.05, 0) is 26.3 Å². The molecular weight excluding hydrogens is 296 g/mol. The van der Waals surface area contributed by atoms with Crippen molar-refractivity contribution in [1.82, 2.24) is 4.98 Å². The molecule has 6 heteroatoms. The quantitative estimate of drug-likeness (QED) is 0.831. The summed E-state index contributed by atoms with van der Waals surface area (Å²) in [5, 5.41) is 2.79. The van der Waals surface area contributed by atoms with Crippen molar-refractivity contribution in [2.45, 2.75) is 20.8 Å². The summed E-state index contributed by atoms with van der Waals surface area (Å²) in [7, 11) is 3.08. The number of aryl methyl sites for hydroxylation is 1. The lowest BCUT2D eigenvalue weighted by Crippen LogP contribution is -2.14. The van der Waals surface area contributed by atoms with E-state index in [1.54, 1.807) is 32.0 Å². The average Bonchev–Trinajstić information content (AvgIpc) is 2.81. The van der Waals surface area contributed by atoms with Crippen molar-refractivity contribution in [3.8, 4) is 11.5 Å². The lowest BCUT2D eigenvalue weighted by Gasteiger charge is -2.09. The summed E-state index contributed by atoms with van der Waals surface area (Å²) in [4.78, 5) is 27.1. The van der Waals surface area contributed by atoms with E-state index in [0.717, 1.165) is 0 Å². The van der Waals surface area contributed by atoms with Crippen LogP contribution >= 0.6 is 0 Å². The van der Waals surface area contributed by atoms with Crippen LogP contribution in [0.3, 0.4) is 0 Å². The third kappa shape index (κ3) is 3.36. The molecule has 23 heavy (non-hydrogen) atoms. The van der Waals surface area contributed by atoms with Crippen molar-refractivity contribution in [3.63, 3.8) is 0 Å². The van der Waals surface area contributed by atoms with Gasteiger partial charge in [0, 0.05) is 35.1 Å². The van der Waals surface area contributed by atoms with Crippen LogP contribution < -0.4 is 14.8 Å². The number of Topliss-reactive ketones (excluding diaryl/α,β-unsaturated/α-hetero) is 1. The Hall–Kier alpha value is -2.76. The van der Waals surface area contributed by atoms with Gasteiger partial charge in [-0.25, -0.2) is 0 Å². The molecule has 1 aromatic heterocycles. The van der Waals surface area contributed by atoms with Gasteiger partial charge >= 0.3 is 0 Å². The highest BCUT2D eigenvalue weighted by molar-refractivity contribution is 6.07. The molecule has 0 unspecified atom stereocenters. The number of carbonyl (C=O) groups is 2. The van der Waals surface area contributed by atoms with Gasteiger partial charge in [0.2, 0.25) is 0 Å². The first-order valence-electron chi connectivity index (χ1n) is 7.12. The lowest BCUT2D eigenvalue weighted by molar-refractivity contribution is 0.101. The van der Waals surface area contributed by atoms with Crippen molar-refractivity contribution >= 4 is 17.4 Å². The first-order chi connectivity index (χ1) is 10.9. The van der Waals surface area contributed by atoms with E-state index in [9.17, 15) is 9.59 Å². The van der Waals surface area contributed by atoms with Crippen LogP contribution in [0.2, 0.25) is 0 Å². The molecule has 1 amide bonds. The Kier molecular flexibility index (Phi) is 4.74. The van der Waals surface area contributed by atoms with Crippen LogP contribution in [0.25, 0.3) is 0 Å². The summed E-state index contributed by atoms with van der Waals surface area (Å²) in [6, 6.07) is 5.10. The first-order valence-corrected chi connectivity index (χ1v) is 7.12. The predicted molar refractivity (Wildman–Crippen MR) is 87.8 cm³/mol. The summed E-state index contributed by atoms with van der Waals surface area (Å²) in [5.74, 6) is 0.749. The number of nitrogens with one attached hydrogen (secondary N) is 2. The molecule has 2 N–H and O–H groups in total. The number of amides is 1. The first kappa shape index (κ1) is 16.6. The molecule has 1 aromatic carbocycles. The van der Waals surface area contributed by atoms with Crippen molar-refractivity contribution in [2.24, 2.45) is 0 Å². The minimum absolute atomic E-state index is 0.0710. The van der Waals surface area contributed by atoms with Gasteiger partial charge in [-0.3, -0.25) is 9.59 Å². The molecular formula is C17H20N2O4. The Labute approximate surface area is 134 Å². The number of aromatic amines is 1. The molecule has 6 nitrogen and oxygen atoms in total. The number of benzene rings is 1. The van der Waals surface area contributed by atoms with Crippen LogP contribution in [0, 0.1) is 13.8 Å². The lowest BCUT2D eigenvalue weighted by atomic mass is 10.1. The van der Waals surface area contributed by atoms with E-state index >= 15 is 0 Å². The van der Waals surface area contributed by atoms with E-state index in [4.69, 9.17) is 9.47 Å². The maximum absolute atomic E-state index is 12.5. The van der Waals surface area contributed by atoms with E-state index in [0.29, 0.717) is 39.7 Å². The number of methoxy groups -OCH3 is 2. The highest BCUT2D eigenvalue weighted by Crippen LogP contribution is 2.27. The molecule has 122 valence electrons. The van der Waals surface area contributed by atoms with Gasteiger partial charge in [0.1, 0.15) is 17.2 Å². The SMILES string of the molecule is COc1cc(NC(=O)c2[nH]c(C)c(C(C)=O)c2C)cc(OC)c1.